The number of fused-ring (bicyclic) bond motifs is 5. The van der Waals surface area contributed by atoms with Crippen molar-refractivity contribution < 1.29 is 4.42 Å². The fraction of sp³-hybridized carbons (Fsp3) is 0.429. The van der Waals surface area contributed by atoms with Gasteiger partial charge in [-0.25, -0.2) is 15.0 Å². The average molecular weight is 374 g/mol. The standard InChI is InChI=1S/C21H22N6O/c1-11-12-2-4-13(5-3-12)17(11)25-19-14-6-7-28-21(14)27-20(26-19)16-9-23-18-15(16)8-22-10-24-18/h6-13,17H,2-5H2,1H3,(H,22,23,24)(H,25,26,27)/t11-,12?,13?,17+/m0/s1. The Balaban J connectivity index is 1.45. The number of furan rings is 1. The van der Waals surface area contributed by atoms with Crippen molar-refractivity contribution in [3.05, 3.63) is 31.1 Å². The van der Waals surface area contributed by atoms with Gasteiger partial charge in [-0.05, 0) is 49.5 Å². The summed E-state index contributed by atoms with van der Waals surface area (Å²) in [5, 5.41) is 5.63. The van der Waals surface area contributed by atoms with Crippen LogP contribution in [-0.2, 0) is 0 Å². The number of hydrogen-bond acceptors (Lipinski definition) is 6. The van der Waals surface area contributed by atoms with E-state index >= 15 is 0 Å². The molecular formula is C21H22N6O. The Kier molecular flexibility index (Phi) is 3.45. The van der Waals surface area contributed by atoms with Crippen LogP contribution in [0.25, 0.3) is 33.5 Å². The number of nitrogens with zero attached hydrogens (tertiary/aromatic N) is 4. The molecule has 0 saturated heterocycles. The molecule has 0 aromatic carbocycles. The van der Waals surface area contributed by atoms with Crippen molar-refractivity contribution in [3.8, 4) is 11.4 Å². The number of hydrogen-bond donors (Lipinski definition) is 2. The third-order valence-electron chi connectivity index (χ3n) is 6.86. The number of rotatable bonds is 3. The van der Waals surface area contributed by atoms with E-state index in [2.05, 4.69) is 32.2 Å². The lowest BCUT2D eigenvalue weighted by atomic mass is 9.62. The van der Waals surface area contributed by atoms with Crippen molar-refractivity contribution in [2.45, 2.75) is 38.6 Å². The largest absolute Gasteiger partial charge is 0.446 e. The number of aromatic amines is 1. The molecule has 2 atom stereocenters. The van der Waals surface area contributed by atoms with Crippen molar-refractivity contribution in [2.24, 2.45) is 17.8 Å². The number of aromatic nitrogens is 5. The van der Waals surface area contributed by atoms with E-state index in [9.17, 15) is 0 Å². The Morgan fingerprint density at radius 1 is 1.11 bits per heavy atom. The number of anilines is 1. The van der Waals surface area contributed by atoms with E-state index in [0.717, 1.165) is 39.6 Å². The summed E-state index contributed by atoms with van der Waals surface area (Å²) in [6, 6.07) is 2.41. The molecule has 3 aliphatic carbocycles. The first-order chi connectivity index (χ1) is 13.8. The SMILES string of the molecule is C[C@H]1C2CCC(CC2)[C@@H]1Nc1nc(-c2c[nH]c3ncncc23)nc2occc12. The van der Waals surface area contributed by atoms with Gasteiger partial charge in [0.05, 0.1) is 11.6 Å². The second-order valence-corrected chi connectivity index (χ2v) is 8.23. The lowest BCUT2D eigenvalue weighted by molar-refractivity contribution is 0.0929. The van der Waals surface area contributed by atoms with Crippen LogP contribution >= 0.6 is 0 Å². The van der Waals surface area contributed by atoms with E-state index in [4.69, 9.17) is 9.40 Å². The van der Waals surface area contributed by atoms with Crippen LogP contribution in [0, 0.1) is 17.8 Å². The summed E-state index contributed by atoms with van der Waals surface area (Å²) in [6.07, 6.45) is 12.3. The topological polar surface area (TPSA) is 92.5 Å². The van der Waals surface area contributed by atoms with Gasteiger partial charge in [-0.1, -0.05) is 6.92 Å². The highest BCUT2D eigenvalue weighted by atomic mass is 16.3. The third kappa shape index (κ3) is 2.35. The van der Waals surface area contributed by atoms with Crippen molar-refractivity contribution in [3.63, 3.8) is 0 Å². The Bertz CT molecular complexity index is 1150. The molecule has 3 fully saturated rings. The first kappa shape index (κ1) is 16.0. The van der Waals surface area contributed by atoms with Gasteiger partial charge < -0.3 is 14.7 Å². The molecule has 7 nitrogen and oxygen atoms in total. The minimum Gasteiger partial charge on any atom is -0.446 e. The molecule has 3 aliphatic rings. The van der Waals surface area contributed by atoms with Crippen LogP contribution in [0.15, 0.2) is 35.5 Å². The summed E-state index contributed by atoms with van der Waals surface area (Å²) in [4.78, 5) is 21.2. The third-order valence-corrected chi connectivity index (χ3v) is 6.86. The van der Waals surface area contributed by atoms with E-state index in [1.807, 2.05) is 12.3 Å². The summed E-state index contributed by atoms with van der Waals surface area (Å²) < 4.78 is 5.65. The van der Waals surface area contributed by atoms with Crippen LogP contribution in [-0.4, -0.2) is 31.0 Å². The maximum atomic E-state index is 5.65. The second-order valence-electron chi connectivity index (χ2n) is 8.23. The van der Waals surface area contributed by atoms with Crippen LogP contribution in [0.5, 0.6) is 0 Å². The molecule has 3 saturated carbocycles. The monoisotopic (exact) mass is 374 g/mol. The van der Waals surface area contributed by atoms with Crippen LogP contribution in [0.1, 0.15) is 32.6 Å². The van der Waals surface area contributed by atoms with Crippen LogP contribution in [0.4, 0.5) is 5.82 Å². The van der Waals surface area contributed by atoms with Crippen molar-refractivity contribution in [1.82, 2.24) is 24.9 Å². The molecule has 0 spiro atoms. The lowest BCUT2D eigenvalue weighted by Gasteiger charge is -2.47. The minimum atomic E-state index is 0.458. The summed E-state index contributed by atoms with van der Waals surface area (Å²) in [6.45, 7) is 2.39. The predicted octanol–water partition coefficient (Wildman–Crippen LogP) is 4.40. The van der Waals surface area contributed by atoms with Gasteiger partial charge in [0.25, 0.3) is 0 Å². The molecule has 2 bridgehead atoms. The first-order valence-corrected chi connectivity index (χ1v) is 10.1. The fourth-order valence-corrected chi connectivity index (χ4v) is 5.29. The van der Waals surface area contributed by atoms with Gasteiger partial charge in [-0.3, -0.25) is 0 Å². The zero-order valence-corrected chi connectivity index (χ0v) is 15.7. The maximum absolute atomic E-state index is 5.65. The smallest absolute Gasteiger partial charge is 0.231 e. The van der Waals surface area contributed by atoms with E-state index < -0.39 is 0 Å². The van der Waals surface area contributed by atoms with Crippen LogP contribution in [0.2, 0.25) is 0 Å². The lowest BCUT2D eigenvalue weighted by Crippen LogP contribution is -2.47. The molecule has 0 radical (unpaired) electrons. The zero-order chi connectivity index (χ0) is 18.7. The summed E-state index contributed by atoms with van der Waals surface area (Å²) in [5.41, 5.74) is 2.27. The van der Waals surface area contributed by atoms with Crippen molar-refractivity contribution in [1.29, 1.82) is 0 Å². The highest BCUT2D eigenvalue weighted by molar-refractivity contribution is 5.94. The normalized spacial score (nSPS) is 26.9. The van der Waals surface area contributed by atoms with E-state index in [1.54, 1.807) is 12.5 Å². The van der Waals surface area contributed by atoms with Gasteiger partial charge in [0.1, 0.15) is 17.8 Å². The second kappa shape index (κ2) is 6.02. The molecule has 0 amide bonds. The first-order valence-electron chi connectivity index (χ1n) is 10.1. The van der Waals surface area contributed by atoms with E-state index in [0.29, 0.717) is 23.5 Å². The average Bonchev–Trinajstić information content (AvgIpc) is 3.37. The minimum absolute atomic E-state index is 0.458. The highest BCUT2D eigenvalue weighted by Crippen LogP contribution is 2.46. The highest BCUT2D eigenvalue weighted by Gasteiger charge is 2.41. The van der Waals surface area contributed by atoms with Gasteiger partial charge in [0.15, 0.2) is 5.82 Å². The summed E-state index contributed by atoms with van der Waals surface area (Å²) in [5.74, 6) is 3.70. The van der Waals surface area contributed by atoms with Crippen LogP contribution < -0.4 is 5.32 Å². The Labute approximate surface area is 162 Å². The molecule has 0 aliphatic heterocycles. The van der Waals surface area contributed by atoms with Crippen LogP contribution in [0.3, 0.4) is 0 Å². The van der Waals surface area contributed by atoms with Crippen molar-refractivity contribution in [2.75, 3.05) is 5.32 Å². The van der Waals surface area contributed by atoms with Gasteiger partial charge in [-0.15, -0.1) is 0 Å². The molecule has 2 N–H and O–H groups in total. The van der Waals surface area contributed by atoms with E-state index in [1.165, 1.54) is 32.0 Å². The Hall–Kier alpha value is -2.96. The van der Waals surface area contributed by atoms with Gasteiger partial charge in [0, 0.05) is 29.4 Å². The Morgan fingerprint density at radius 3 is 2.82 bits per heavy atom. The molecule has 28 heavy (non-hydrogen) atoms. The molecule has 142 valence electrons. The Morgan fingerprint density at radius 2 is 1.96 bits per heavy atom. The van der Waals surface area contributed by atoms with E-state index in [-0.39, 0.29) is 0 Å². The molecule has 7 rings (SSSR count). The fourth-order valence-electron chi connectivity index (χ4n) is 5.29. The molecule has 7 heteroatoms. The molecule has 4 aromatic heterocycles. The zero-order valence-electron chi connectivity index (χ0n) is 15.7. The molecular weight excluding hydrogens is 352 g/mol. The maximum Gasteiger partial charge on any atom is 0.231 e. The van der Waals surface area contributed by atoms with Crippen molar-refractivity contribution >= 4 is 28.0 Å². The number of nitrogens with one attached hydrogen (secondary N) is 2. The molecule has 0 unspecified atom stereocenters. The predicted molar refractivity (Wildman–Crippen MR) is 107 cm³/mol. The number of H-pyrrole nitrogens is 1. The quantitative estimate of drug-likeness (QED) is 0.552. The molecule has 4 aromatic rings. The van der Waals surface area contributed by atoms with Gasteiger partial charge >= 0.3 is 0 Å². The summed E-state index contributed by atoms with van der Waals surface area (Å²) in [7, 11) is 0. The van der Waals surface area contributed by atoms with Gasteiger partial charge in [0.2, 0.25) is 5.71 Å². The van der Waals surface area contributed by atoms with Gasteiger partial charge in [-0.2, -0.15) is 4.98 Å². The molecule has 4 heterocycles. The summed E-state index contributed by atoms with van der Waals surface area (Å²) >= 11 is 0.